The molecular formula is C11H10F3NO4. The summed E-state index contributed by atoms with van der Waals surface area (Å²) in [6.45, 7) is -0.789. The van der Waals surface area contributed by atoms with E-state index in [4.69, 9.17) is 9.84 Å². The number of nitrogens with one attached hydrogen (secondary N) is 1. The predicted octanol–water partition coefficient (Wildman–Crippen LogP) is 1.20. The molecule has 2 N–H and O–H groups in total. The molecule has 0 aromatic heterocycles. The van der Waals surface area contributed by atoms with Crippen LogP contribution in [0, 0.1) is 0 Å². The van der Waals surface area contributed by atoms with Crippen molar-refractivity contribution < 1.29 is 32.6 Å². The molecule has 0 radical (unpaired) electrons. The van der Waals surface area contributed by atoms with E-state index in [0.29, 0.717) is 0 Å². The van der Waals surface area contributed by atoms with Gasteiger partial charge >= 0.3 is 18.1 Å². The first-order chi connectivity index (χ1) is 8.80. The molecule has 0 bridgehead atoms. The molecule has 1 atom stereocenters. The number of hydrogen-bond donors (Lipinski definition) is 2. The lowest BCUT2D eigenvalue weighted by molar-refractivity contribution is -0.174. The Labute approximate surface area is 106 Å². The monoisotopic (exact) mass is 277 g/mol. The number of para-hydroxylation sites is 1. The zero-order valence-electron chi connectivity index (χ0n) is 9.48. The first-order valence-electron chi connectivity index (χ1n) is 5.10. The Kier molecular flexibility index (Phi) is 4.74. The number of carbonyl (C=O) groups is 2. The van der Waals surface area contributed by atoms with Crippen LogP contribution in [0.2, 0.25) is 0 Å². The third-order valence-electron chi connectivity index (χ3n) is 2.00. The summed E-state index contributed by atoms with van der Waals surface area (Å²) in [6.07, 6.45) is -6.66. The number of carboxylic acids is 1. The highest BCUT2D eigenvalue weighted by Gasteiger charge is 2.39. The average molecular weight is 277 g/mol. The highest BCUT2D eigenvalue weighted by atomic mass is 19.4. The molecule has 1 unspecified atom stereocenters. The van der Waals surface area contributed by atoms with Gasteiger partial charge in [0.15, 0.2) is 0 Å². The largest absolute Gasteiger partial charge is 0.478 e. The van der Waals surface area contributed by atoms with Gasteiger partial charge in [0.25, 0.3) is 0 Å². The first-order valence-corrected chi connectivity index (χ1v) is 5.10. The number of amides is 1. The van der Waals surface area contributed by atoms with Crippen molar-refractivity contribution in [2.75, 3.05) is 6.54 Å². The summed E-state index contributed by atoms with van der Waals surface area (Å²) in [5.41, 5.74) is 0. The van der Waals surface area contributed by atoms with Crippen LogP contribution in [0.4, 0.5) is 13.2 Å². The molecule has 0 saturated heterocycles. The van der Waals surface area contributed by atoms with Crippen molar-refractivity contribution in [2.45, 2.75) is 12.3 Å². The number of halogens is 3. The summed E-state index contributed by atoms with van der Waals surface area (Å²) < 4.78 is 40.7. The molecule has 0 aliphatic heterocycles. The van der Waals surface area contributed by atoms with Crippen LogP contribution in [0.25, 0.3) is 0 Å². The van der Waals surface area contributed by atoms with E-state index in [0.717, 1.165) is 0 Å². The van der Waals surface area contributed by atoms with Crippen LogP contribution in [0.15, 0.2) is 30.3 Å². The molecule has 1 rings (SSSR count). The lowest BCUT2D eigenvalue weighted by Crippen LogP contribution is -2.45. The number of aliphatic carboxylic acids is 1. The lowest BCUT2D eigenvalue weighted by atomic mass is 10.3. The van der Waals surface area contributed by atoms with Gasteiger partial charge in [-0.3, -0.25) is 4.79 Å². The molecule has 8 heteroatoms. The minimum atomic E-state index is -5.06. The van der Waals surface area contributed by atoms with Crippen molar-refractivity contribution in [1.29, 1.82) is 0 Å². The van der Waals surface area contributed by atoms with Crippen molar-refractivity contribution in [2.24, 2.45) is 0 Å². The second-order valence-electron chi connectivity index (χ2n) is 3.47. The Bertz CT molecular complexity index is 447. The van der Waals surface area contributed by atoms with Gasteiger partial charge in [0, 0.05) is 0 Å². The van der Waals surface area contributed by atoms with E-state index in [1.165, 1.54) is 17.4 Å². The molecule has 0 saturated carbocycles. The van der Waals surface area contributed by atoms with Crippen LogP contribution in [-0.4, -0.2) is 35.8 Å². The minimum absolute atomic E-state index is 0.177. The molecule has 1 amide bonds. The molecule has 0 heterocycles. The summed E-state index contributed by atoms with van der Waals surface area (Å²) in [6, 6.07) is 7.70. The second-order valence-corrected chi connectivity index (χ2v) is 3.47. The summed E-state index contributed by atoms with van der Waals surface area (Å²) in [5.74, 6) is -3.52. The summed E-state index contributed by atoms with van der Waals surface area (Å²) in [4.78, 5) is 21.4. The smallest absolute Gasteiger partial charge is 0.471 e. The van der Waals surface area contributed by atoms with Gasteiger partial charge in [-0.1, -0.05) is 18.2 Å². The quantitative estimate of drug-likeness (QED) is 0.848. The fraction of sp³-hybridized carbons (Fsp3) is 0.273. The zero-order chi connectivity index (χ0) is 14.5. The third kappa shape index (κ3) is 4.86. The average Bonchev–Trinajstić information content (AvgIpc) is 2.33. The van der Waals surface area contributed by atoms with Gasteiger partial charge in [-0.2, -0.15) is 13.2 Å². The van der Waals surface area contributed by atoms with E-state index in [9.17, 15) is 22.8 Å². The Balaban J connectivity index is 2.60. The molecular weight excluding hydrogens is 267 g/mol. The maximum atomic E-state index is 11.9. The predicted molar refractivity (Wildman–Crippen MR) is 57.6 cm³/mol. The molecule has 19 heavy (non-hydrogen) atoms. The van der Waals surface area contributed by atoms with Gasteiger partial charge in [-0.05, 0) is 12.1 Å². The van der Waals surface area contributed by atoms with E-state index in [1.807, 2.05) is 0 Å². The number of benzene rings is 1. The normalized spacial score (nSPS) is 12.6. The van der Waals surface area contributed by atoms with Crippen LogP contribution in [0.1, 0.15) is 0 Å². The van der Waals surface area contributed by atoms with Gasteiger partial charge in [0.1, 0.15) is 5.75 Å². The summed E-state index contributed by atoms with van der Waals surface area (Å²) in [5, 5.41) is 10.2. The van der Waals surface area contributed by atoms with Gasteiger partial charge in [-0.25, -0.2) is 4.79 Å². The zero-order valence-corrected chi connectivity index (χ0v) is 9.48. The van der Waals surface area contributed by atoms with Crippen LogP contribution in [0.5, 0.6) is 5.75 Å². The van der Waals surface area contributed by atoms with Gasteiger partial charge in [0.05, 0.1) is 6.54 Å². The van der Waals surface area contributed by atoms with Crippen molar-refractivity contribution in [3.05, 3.63) is 30.3 Å². The fourth-order valence-electron chi connectivity index (χ4n) is 1.13. The van der Waals surface area contributed by atoms with Crippen LogP contribution >= 0.6 is 0 Å². The number of rotatable bonds is 5. The van der Waals surface area contributed by atoms with Crippen molar-refractivity contribution in [3.63, 3.8) is 0 Å². The van der Waals surface area contributed by atoms with E-state index in [-0.39, 0.29) is 5.75 Å². The molecule has 0 fully saturated rings. The Morgan fingerprint density at radius 3 is 2.32 bits per heavy atom. The van der Waals surface area contributed by atoms with Crippen LogP contribution < -0.4 is 10.1 Å². The highest BCUT2D eigenvalue weighted by Crippen LogP contribution is 2.14. The molecule has 5 nitrogen and oxygen atoms in total. The lowest BCUT2D eigenvalue weighted by Gasteiger charge is -2.16. The molecule has 1 aromatic rings. The standard InChI is InChI=1S/C11H10F3NO4/c12-11(13,14)10(18)15-6-8(9(16)17)19-7-4-2-1-3-5-7/h1-5,8H,6H2,(H,15,18)(H,16,17). The topological polar surface area (TPSA) is 75.6 Å². The summed E-state index contributed by atoms with van der Waals surface area (Å²) >= 11 is 0. The second kappa shape index (κ2) is 6.07. The fourth-order valence-corrected chi connectivity index (χ4v) is 1.13. The molecule has 0 aliphatic rings. The number of hydrogen-bond acceptors (Lipinski definition) is 3. The van der Waals surface area contributed by atoms with Crippen molar-refractivity contribution in [3.8, 4) is 5.75 Å². The van der Waals surface area contributed by atoms with E-state index < -0.39 is 30.7 Å². The maximum Gasteiger partial charge on any atom is 0.471 e. The number of carbonyl (C=O) groups excluding carboxylic acids is 1. The van der Waals surface area contributed by atoms with Gasteiger partial charge < -0.3 is 15.2 Å². The number of carboxylic acid groups (broad SMARTS) is 1. The van der Waals surface area contributed by atoms with Crippen molar-refractivity contribution in [1.82, 2.24) is 5.32 Å². The number of alkyl halides is 3. The van der Waals surface area contributed by atoms with E-state index in [1.54, 1.807) is 18.2 Å². The van der Waals surface area contributed by atoms with Gasteiger partial charge in [-0.15, -0.1) is 0 Å². The Hall–Kier alpha value is -2.25. The minimum Gasteiger partial charge on any atom is -0.478 e. The van der Waals surface area contributed by atoms with E-state index >= 15 is 0 Å². The van der Waals surface area contributed by atoms with E-state index in [2.05, 4.69) is 0 Å². The molecule has 0 aliphatic carbocycles. The molecule has 104 valence electrons. The van der Waals surface area contributed by atoms with Crippen LogP contribution in [0.3, 0.4) is 0 Å². The first kappa shape index (κ1) is 14.8. The van der Waals surface area contributed by atoms with Crippen LogP contribution in [-0.2, 0) is 9.59 Å². The van der Waals surface area contributed by atoms with Crippen molar-refractivity contribution >= 4 is 11.9 Å². The summed E-state index contributed by atoms with van der Waals surface area (Å²) in [7, 11) is 0. The number of ether oxygens (including phenoxy) is 1. The third-order valence-corrected chi connectivity index (χ3v) is 2.00. The molecule has 1 aromatic carbocycles. The SMILES string of the molecule is O=C(O)C(CNC(=O)C(F)(F)F)Oc1ccccc1. The highest BCUT2D eigenvalue weighted by molar-refractivity contribution is 5.82. The Morgan fingerprint density at radius 2 is 1.84 bits per heavy atom. The Morgan fingerprint density at radius 1 is 1.26 bits per heavy atom. The molecule has 0 spiro atoms. The van der Waals surface area contributed by atoms with Gasteiger partial charge in [0.2, 0.25) is 6.10 Å². The maximum absolute atomic E-state index is 11.9.